The van der Waals surface area contributed by atoms with Gasteiger partial charge in [0.1, 0.15) is 0 Å². The van der Waals surface area contributed by atoms with E-state index in [0.29, 0.717) is 12.2 Å². The van der Waals surface area contributed by atoms with Gasteiger partial charge in [0.05, 0.1) is 19.6 Å². The summed E-state index contributed by atoms with van der Waals surface area (Å²) in [6.45, 7) is 9.10. The first kappa shape index (κ1) is 20.2. The van der Waals surface area contributed by atoms with Gasteiger partial charge in [0.15, 0.2) is 0 Å². The number of esters is 1. The second-order valence-electron chi connectivity index (χ2n) is 5.65. The maximum Gasteiger partial charge on any atom is 0.307 e. The van der Waals surface area contributed by atoms with Crippen molar-refractivity contribution in [3.8, 4) is 0 Å². The van der Waals surface area contributed by atoms with Crippen molar-refractivity contribution in [3.63, 3.8) is 0 Å². The topological polar surface area (TPSA) is 96.5 Å². The van der Waals surface area contributed by atoms with Crippen molar-refractivity contribution in [3.05, 3.63) is 42.1 Å². The average molecular weight is 347 g/mol. The number of hydrogen-bond acceptors (Lipinski definition) is 5. The molecular weight excluding hydrogens is 322 g/mol. The zero-order valence-corrected chi connectivity index (χ0v) is 14.8. The highest BCUT2D eigenvalue weighted by molar-refractivity contribution is 5.97. The van der Waals surface area contributed by atoms with Crippen LogP contribution in [0.5, 0.6) is 0 Å². The average Bonchev–Trinajstić information content (AvgIpc) is 2.52. The van der Waals surface area contributed by atoms with Gasteiger partial charge in [0.25, 0.3) is 5.91 Å². The number of benzene rings is 1. The van der Waals surface area contributed by atoms with Crippen LogP contribution in [0.3, 0.4) is 0 Å². The summed E-state index contributed by atoms with van der Waals surface area (Å²) in [5, 5.41) is 8.20. The molecule has 1 unspecified atom stereocenters. The van der Waals surface area contributed by atoms with Gasteiger partial charge in [-0.05, 0) is 39.0 Å². The van der Waals surface area contributed by atoms with Crippen LogP contribution in [-0.2, 0) is 14.3 Å². The predicted octanol–water partition coefficient (Wildman–Crippen LogP) is 1.82. The molecule has 1 aromatic rings. The van der Waals surface area contributed by atoms with Gasteiger partial charge in [0, 0.05) is 23.0 Å². The number of hydrogen-bond donors (Lipinski definition) is 3. The Kier molecular flexibility index (Phi) is 8.18. The number of rotatable bonds is 9. The highest BCUT2D eigenvalue weighted by Gasteiger charge is 2.14. The highest BCUT2D eigenvalue weighted by Crippen LogP contribution is 2.12. The Morgan fingerprint density at radius 3 is 2.64 bits per heavy atom. The first-order valence-corrected chi connectivity index (χ1v) is 8.07. The molecular formula is C18H25N3O4. The van der Waals surface area contributed by atoms with E-state index in [2.05, 4.69) is 22.5 Å². The molecule has 0 radical (unpaired) electrons. The lowest BCUT2D eigenvalue weighted by atomic mass is 10.2. The molecule has 0 heterocycles. The summed E-state index contributed by atoms with van der Waals surface area (Å²) in [7, 11) is 0. The molecule has 0 bridgehead atoms. The fourth-order valence-electron chi connectivity index (χ4n) is 2.09. The van der Waals surface area contributed by atoms with Gasteiger partial charge >= 0.3 is 5.97 Å². The van der Waals surface area contributed by atoms with Gasteiger partial charge in [-0.25, -0.2) is 0 Å². The molecule has 0 aromatic heterocycles. The molecule has 1 rings (SSSR count). The predicted molar refractivity (Wildman–Crippen MR) is 96.1 cm³/mol. The number of amides is 2. The zero-order valence-electron chi connectivity index (χ0n) is 14.8. The van der Waals surface area contributed by atoms with E-state index >= 15 is 0 Å². The van der Waals surface area contributed by atoms with E-state index < -0.39 is 0 Å². The molecule has 0 spiro atoms. The molecule has 2 amide bonds. The van der Waals surface area contributed by atoms with E-state index in [9.17, 15) is 14.4 Å². The fourth-order valence-corrected chi connectivity index (χ4v) is 2.09. The van der Waals surface area contributed by atoms with E-state index in [0.717, 1.165) is 11.4 Å². The van der Waals surface area contributed by atoms with Crippen LogP contribution in [0.4, 0.5) is 5.69 Å². The van der Waals surface area contributed by atoms with E-state index in [1.807, 2.05) is 13.0 Å². The third-order valence-electron chi connectivity index (χ3n) is 3.08. The number of ether oxygens (including phenoxy) is 1. The van der Waals surface area contributed by atoms with Crippen LogP contribution in [0.25, 0.3) is 0 Å². The van der Waals surface area contributed by atoms with Crippen LogP contribution in [0.1, 0.15) is 37.6 Å². The maximum absolute atomic E-state index is 12.1. The Labute approximate surface area is 147 Å². The van der Waals surface area contributed by atoms with Crippen molar-refractivity contribution < 1.29 is 19.1 Å². The van der Waals surface area contributed by atoms with Gasteiger partial charge in [-0.3, -0.25) is 14.4 Å². The number of carbonyl (C=O) groups is 3. The number of carbonyl (C=O) groups excluding carboxylic acids is 3. The van der Waals surface area contributed by atoms with Crippen LogP contribution in [0.2, 0.25) is 0 Å². The van der Waals surface area contributed by atoms with Crippen molar-refractivity contribution in [2.24, 2.45) is 0 Å². The lowest BCUT2D eigenvalue weighted by Crippen LogP contribution is -2.41. The first-order chi connectivity index (χ1) is 11.8. The van der Waals surface area contributed by atoms with E-state index in [-0.39, 0.29) is 36.8 Å². The molecule has 0 aliphatic carbocycles. The quantitative estimate of drug-likeness (QED) is 0.592. The van der Waals surface area contributed by atoms with Crippen LogP contribution in [0, 0.1) is 0 Å². The number of anilines is 1. The van der Waals surface area contributed by atoms with Gasteiger partial charge in [-0.15, -0.1) is 0 Å². The molecule has 0 saturated heterocycles. The van der Waals surface area contributed by atoms with Crippen LogP contribution >= 0.6 is 0 Å². The standard InChI is InChI=1S/C18H25N3O4/c1-5-25-17(23)9-13(4)21-16(22)11-19-18(24)14-7-6-8-15(10-14)20-12(2)3/h6-8,10,13,20H,2,5,9,11H2,1,3-4H3,(H,19,24)(H,21,22). The lowest BCUT2D eigenvalue weighted by Gasteiger charge is -2.13. The van der Waals surface area contributed by atoms with Gasteiger partial charge in [-0.1, -0.05) is 12.6 Å². The van der Waals surface area contributed by atoms with Crippen molar-refractivity contribution in [1.82, 2.24) is 10.6 Å². The first-order valence-electron chi connectivity index (χ1n) is 8.07. The summed E-state index contributed by atoms with van der Waals surface area (Å²) >= 11 is 0. The van der Waals surface area contributed by atoms with Gasteiger partial charge < -0.3 is 20.7 Å². The second-order valence-corrected chi connectivity index (χ2v) is 5.65. The van der Waals surface area contributed by atoms with Gasteiger partial charge in [0.2, 0.25) is 5.91 Å². The number of allylic oxidation sites excluding steroid dienone is 1. The lowest BCUT2D eigenvalue weighted by molar-refractivity contribution is -0.143. The maximum atomic E-state index is 12.1. The molecule has 0 saturated carbocycles. The summed E-state index contributed by atoms with van der Waals surface area (Å²) in [5.74, 6) is -1.11. The van der Waals surface area contributed by atoms with Crippen molar-refractivity contribution in [2.75, 3.05) is 18.5 Å². The third-order valence-corrected chi connectivity index (χ3v) is 3.08. The smallest absolute Gasteiger partial charge is 0.307 e. The second kappa shape index (κ2) is 10.1. The van der Waals surface area contributed by atoms with Crippen LogP contribution < -0.4 is 16.0 Å². The van der Waals surface area contributed by atoms with E-state index in [4.69, 9.17) is 4.74 Å². The minimum atomic E-state index is -0.374. The summed E-state index contributed by atoms with van der Waals surface area (Å²) in [4.78, 5) is 35.3. The fraction of sp³-hybridized carbons (Fsp3) is 0.389. The van der Waals surface area contributed by atoms with E-state index in [1.165, 1.54) is 0 Å². The normalized spacial score (nSPS) is 11.2. The minimum absolute atomic E-state index is 0.0855. The summed E-state index contributed by atoms with van der Waals surface area (Å²) in [6.07, 6.45) is 0.0855. The Bertz CT molecular complexity index is 643. The molecule has 136 valence electrons. The summed E-state index contributed by atoms with van der Waals surface area (Å²) < 4.78 is 4.82. The Morgan fingerprint density at radius 1 is 1.28 bits per heavy atom. The molecule has 7 heteroatoms. The molecule has 0 fully saturated rings. The largest absolute Gasteiger partial charge is 0.466 e. The highest BCUT2D eigenvalue weighted by atomic mass is 16.5. The van der Waals surface area contributed by atoms with Crippen LogP contribution in [0.15, 0.2) is 36.5 Å². The SMILES string of the molecule is C=C(C)Nc1cccc(C(=O)NCC(=O)NC(C)CC(=O)OCC)c1. The molecule has 7 nitrogen and oxygen atoms in total. The monoisotopic (exact) mass is 347 g/mol. The molecule has 0 aliphatic rings. The minimum Gasteiger partial charge on any atom is -0.466 e. The zero-order chi connectivity index (χ0) is 18.8. The third kappa shape index (κ3) is 8.01. The Balaban J connectivity index is 2.46. The van der Waals surface area contributed by atoms with Crippen molar-refractivity contribution in [2.45, 2.75) is 33.2 Å². The molecule has 25 heavy (non-hydrogen) atoms. The summed E-state index contributed by atoms with van der Waals surface area (Å²) in [6, 6.07) is 6.51. The van der Waals surface area contributed by atoms with Gasteiger partial charge in [-0.2, -0.15) is 0 Å². The van der Waals surface area contributed by atoms with Crippen molar-refractivity contribution in [1.29, 1.82) is 0 Å². The Morgan fingerprint density at radius 2 is 2.00 bits per heavy atom. The molecule has 1 atom stereocenters. The van der Waals surface area contributed by atoms with E-state index in [1.54, 1.807) is 32.0 Å². The molecule has 1 aromatic carbocycles. The Hall–Kier alpha value is -2.83. The number of nitrogens with one attached hydrogen (secondary N) is 3. The molecule has 0 aliphatic heterocycles. The van der Waals surface area contributed by atoms with Crippen molar-refractivity contribution >= 4 is 23.5 Å². The summed E-state index contributed by atoms with van der Waals surface area (Å²) in [5.41, 5.74) is 1.93. The molecule has 3 N–H and O–H groups in total. The van der Waals surface area contributed by atoms with Crippen LogP contribution in [-0.4, -0.2) is 37.0 Å².